The third-order valence-corrected chi connectivity index (χ3v) is 6.93. The third-order valence-electron chi connectivity index (χ3n) is 4.77. The highest BCUT2D eigenvalue weighted by molar-refractivity contribution is 7.89. The molecule has 0 spiro atoms. The van der Waals surface area contributed by atoms with Crippen molar-refractivity contribution in [3.8, 4) is 0 Å². The minimum absolute atomic E-state index is 0.0158. The molecular formula is C19H26N4O5S. The van der Waals surface area contributed by atoms with Gasteiger partial charge in [-0.15, -0.1) is 0 Å². The number of hydrogen-bond donors (Lipinski definition) is 1. The van der Waals surface area contributed by atoms with Gasteiger partial charge in [0.25, 0.3) is 0 Å². The molecule has 10 heteroatoms. The Balaban J connectivity index is 1.66. The van der Waals surface area contributed by atoms with Gasteiger partial charge in [-0.25, -0.2) is 8.42 Å². The van der Waals surface area contributed by atoms with Crippen molar-refractivity contribution in [2.45, 2.75) is 25.7 Å². The van der Waals surface area contributed by atoms with Crippen LogP contribution in [0.2, 0.25) is 0 Å². The highest BCUT2D eigenvalue weighted by Crippen LogP contribution is 2.23. The van der Waals surface area contributed by atoms with E-state index < -0.39 is 15.9 Å². The Bertz CT molecular complexity index is 930. The number of carbonyl (C=O) groups is 1. The number of hydrogen-bond acceptors (Lipinski definition) is 7. The predicted octanol–water partition coefficient (Wildman–Crippen LogP) is 1.78. The lowest BCUT2D eigenvalue weighted by Crippen LogP contribution is -2.38. The van der Waals surface area contributed by atoms with Gasteiger partial charge in [-0.05, 0) is 38.1 Å². The molecule has 2 aromatic rings. The van der Waals surface area contributed by atoms with Gasteiger partial charge in [0.15, 0.2) is 5.76 Å². The number of ether oxygens (including phenoxy) is 1. The Morgan fingerprint density at radius 3 is 2.41 bits per heavy atom. The van der Waals surface area contributed by atoms with Crippen LogP contribution in [0.15, 0.2) is 33.7 Å². The molecule has 1 fully saturated rings. The van der Waals surface area contributed by atoms with Crippen LogP contribution < -0.4 is 10.2 Å². The van der Waals surface area contributed by atoms with Crippen LogP contribution in [0.25, 0.3) is 0 Å². The zero-order valence-corrected chi connectivity index (χ0v) is 17.7. The van der Waals surface area contributed by atoms with Gasteiger partial charge in [-0.3, -0.25) is 4.79 Å². The quantitative estimate of drug-likeness (QED) is 0.725. The van der Waals surface area contributed by atoms with Gasteiger partial charge in [-0.1, -0.05) is 12.1 Å². The Morgan fingerprint density at radius 2 is 1.86 bits per heavy atom. The first kappa shape index (κ1) is 21.3. The van der Waals surface area contributed by atoms with E-state index in [0.717, 1.165) is 23.1 Å². The number of nitrogens with one attached hydrogen (secondary N) is 1. The van der Waals surface area contributed by atoms with Gasteiger partial charge in [0, 0.05) is 31.0 Å². The number of aryl methyl sites for hydroxylation is 2. The van der Waals surface area contributed by atoms with Crippen LogP contribution in [0.5, 0.6) is 0 Å². The lowest BCUT2D eigenvalue weighted by molar-refractivity contribution is -0.116. The first-order valence-electron chi connectivity index (χ1n) is 9.48. The molecule has 1 N–H and O–H groups in total. The molecule has 0 radical (unpaired) electrons. The summed E-state index contributed by atoms with van der Waals surface area (Å²) in [5.41, 5.74) is 1.94. The highest BCUT2D eigenvalue weighted by atomic mass is 32.2. The standard InChI is InChI=1S/C19H26N4O5S/c1-4-23(29(25,26)19-14(2)21-28-15(19)3)13-18(24)20-16-5-7-17(8-6-16)22-9-11-27-12-10-22/h5-8H,4,9-13H2,1-3H3,(H,20,24). The summed E-state index contributed by atoms with van der Waals surface area (Å²) in [6.07, 6.45) is 0. The molecule has 0 bridgehead atoms. The monoisotopic (exact) mass is 422 g/mol. The summed E-state index contributed by atoms with van der Waals surface area (Å²) in [6.45, 7) is 7.69. The second-order valence-electron chi connectivity index (χ2n) is 6.78. The fourth-order valence-electron chi connectivity index (χ4n) is 3.28. The molecule has 9 nitrogen and oxygen atoms in total. The molecule has 158 valence electrons. The number of benzene rings is 1. The summed E-state index contributed by atoms with van der Waals surface area (Å²) < 4.78 is 37.2. The van der Waals surface area contributed by atoms with Gasteiger partial charge in [0.1, 0.15) is 10.6 Å². The van der Waals surface area contributed by atoms with Crippen molar-refractivity contribution >= 4 is 27.3 Å². The molecule has 29 heavy (non-hydrogen) atoms. The number of aromatic nitrogens is 1. The van der Waals surface area contributed by atoms with Crippen LogP contribution in [-0.2, 0) is 19.6 Å². The largest absolute Gasteiger partial charge is 0.378 e. The summed E-state index contributed by atoms with van der Waals surface area (Å²) in [4.78, 5) is 14.7. The number of morpholine rings is 1. The summed E-state index contributed by atoms with van der Waals surface area (Å²) in [6, 6.07) is 7.47. The zero-order chi connectivity index (χ0) is 21.0. The van der Waals surface area contributed by atoms with Crippen molar-refractivity contribution in [3.05, 3.63) is 35.7 Å². The Labute approximate surface area is 170 Å². The molecule has 1 aliphatic rings. The molecule has 1 amide bonds. The molecule has 0 saturated carbocycles. The van der Waals surface area contributed by atoms with Gasteiger partial charge in [-0.2, -0.15) is 4.31 Å². The number of carbonyl (C=O) groups excluding carboxylic acids is 1. The molecule has 1 saturated heterocycles. The van der Waals surface area contributed by atoms with Crippen LogP contribution in [-0.4, -0.2) is 63.2 Å². The maximum absolute atomic E-state index is 12.9. The zero-order valence-electron chi connectivity index (χ0n) is 16.8. The van der Waals surface area contributed by atoms with E-state index in [4.69, 9.17) is 9.26 Å². The number of sulfonamides is 1. The molecule has 0 atom stereocenters. The lowest BCUT2D eigenvalue weighted by atomic mass is 10.2. The molecule has 3 rings (SSSR count). The third kappa shape index (κ3) is 4.77. The molecule has 1 aromatic heterocycles. The van der Waals surface area contributed by atoms with E-state index >= 15 is 0 Å². The topological polar surface area (TPSA) is 105 Å². The van der Waals surface area contributed by atoms with E-state index in [-0.39, 0.29) is 29.4 Å². The summed E-state index contributed by atoms with van der Waals surface area (Å²) in [7, 11) is -3.88. The first-order chi connectivity index (χ1) is 13.8. The highest BCUT2D eigenvalue weighted by Gasteiger charge is 2.31. The molecule has 0 unspecified atom stereocenters. The van der Waals surface area contributed by atoms with Crippen molar-refractivity contribution < 1.29 is 22.5 Å². The van der Waals surface area contributed by atoms with E-state index in [1.807, 2.05) is 24.3 Å². The number of rotatable bonds is 7. The van der Waals surface area contributed by atoms with E-state index in [0.29, 0.717) is 18.9 Å². The Hall–Kier alpha value is -2.43. The summed E-state index contributed by atoms with van der Waals surface area (Å²) >= 11 is 0. The fraction of sp³-hybridized carbons (Fsp3) is 0.474. The fourth-order valence-corrected chi connectivity index (χ4v) is 4.97. The SMILES string of the molecule is CCN(CC(=O)Nc1ccc(N2CCOCC2)cc1)S(=O)(=O)c1c(C)noc1C. The van der Waals surface area contributed by atoms with Crippen molar-refractivity contribution in [3.63, 3.8) is 0 Å². The smallest absolute Gasteiger partial charge is 0.248 e. The molecule has 1 aliphatic heterocycles. The second-order valence-corrected chi connectivity index (χ2v) is 8.65. The summed E-state index contributed by atoms with van der Waals surface area (Å²) in [5.74, 6) is -0.207. The number of amides is 1. The van der Waals surface area contributed by atoms with Crippen molar-refractivity contribution in [1.82, 2.24) is 9.46 Å². The molecular weight excluding hydrogens is 396 g/mol. The minimum Gasteiger partial charge on any atom is -0.378 e. The van der Waals surface area contributed by atoms with E-state index in [1.54, 1.807) is 13.8 Å². The lowest BCUT2D eigenvalue weighted by Gasteiger charge is -2.29. The minimum atomic E-state index is -3.88. The van der Waals surface area contributed by atoms with Gasteiger partial charge >= 0.3 is 0 Å². The van der Waals surface area contributed by atoms with Crippen molar-refractivity contribution in [2.75, 3.05) is 49.6 Å². The normalized spacial score (nSPS) is 15.0. The molecule has 1 aromatic carbocycles. The first-order valence-corrected chi connectivity index (χ1v) is 10.9. The average molecular weight is 423 g/mol. The predicted molar refractivity (Wildman–Crippen MR) is 109 cm³/mol. The number of nitrogens with zero attached hydrogens (tertiary/aromatic N) is 3. The van der Waals surface area contributed by atoms with Crippen LogP contribution in [0.3, 0.4) is 0 Å². The Morgan fingerprint density at radius 1 is 1.21 bits per heavy atom. The number of likely N-dealkylation sites (N-methyl/N-ethyl adjacent to an activating group) is 1. The van der Waals surface area contributed by atoms with E-state index in [2.05, 4.69) is 15.4 Å². The maximum Gasteiger partial charge on any atom is 0.248 e. The maximum atomic E-state index is 12.9. The van der Waals surface area contributed by atoms with Gasteiger partial charge in [0.05, 0.1) is 19.8 Å². The van der Waals surface area contributed by atoms with Crippen LogP contribution in [0.1, 0.15) is 18.4 Å². The average Bonchev–Trinajstić information content (AvgIpc) is 3.06. The van der Waals surface area contributed by atoms with Gasteiger partial charge < -0.3 is 19.5 Å². The summed E-state index contributed by atoms with van der Waals surface area (Å²) in [5, 5.41) is 6.46. The molecule has 2 heterocycles. The van der Waals surface area contributed by atoms with Crippen LogP contribution >= 0.6 is 0 Å². The van der Waals surface area contributed by atoms with Crippen molar-refractivity contribution in [2.24, 2.45) is 0 Å². The van der Waals surface area contributed by atoms with Crippen LogP contribution in [0, 0.1) is 13.8 Å². The number of anilines is 2. The van der Waals surface area contributed by atoms with Crippen molar-refractivity contribution in [1.29, 1.82) is 0 Å². The van der Waals surface area contributed by atoms with E-state index in [1.165, 1.54) is 6.92 Å². The van der Waals surface area contributed by atoms with Crippen LogP contribution in [0.4, 0.5) is 11.4 Å². The molecule has 0 aliphatic carbocycles. The second kappa shape index (κ2) is 8.93. The van der Waals surface area contributed by atoms with E-state index in [9.17, 15) is 13.2 Å². The van der Waals surface area contributed by atoms with Gasteiger partial charge in [0.2, 0.25) is 15.9 Å². The Kier molecular flexibility index (Phi) is 6.56.